The van der Waals surface area contributed by atoms with Gasteiger partial charge in [0.05, 0.1) is 29.3 Å². The number of esters is 1. The fourth-order valence-corrected chi connectivity index (χ4v) is 3.78. The molecule has 1 saturated heterocycles. The van der Waals surface area contributed by atoms with Crippen LogP contribution in [0.4, 0.5) is 5.69 Å². The quantitative estimate of drug-likeness (QED) is 0.190. The topological polar surface area (TPSA) is 87.9 Å². The fourth-order valence-electron chi connectivity index (χ4n) is 3.08. The molecule has 2 aromatic carbocycles. The van der Waals surface area contributed by atoms with Crippen LogP contribution in [0.25, 0.3) is 0 Å². The zero-order valence-electron chi connectivity index (χ0n) is 15.2. The van der Waals surface area contributed by atoms with Gasteiger partial charge in [0.1, 0.15) is 6.10 Å². The first-order valence-electron chi connectivity index (χ1n) is 8.82. The minimum absolute atomic E-state index is 0.0804. The number of carbonyl (C=O) groups is 1. The molecule has 8 heteroatoms. The molecule has 0 radical (unpaired) electrons. The predicted molar refractivity (Wildman–Crippen MR) is 111 cm³/mol. The van der Waals surface area contributed by atoms with E-state index in [2.05, 4.69) is 22.6 Å². The minimum atomic E-state index is -0.564. The summed E-state index contributed by atoms with van der Waals surface area (Å²) < 4.78 is 18.4. The third-order valence-corrected chi connectivity index (χ3v) is 5.40. The van der Waals surface area contributed by atoms with Crippen molar-refractivity contribution in [2.75, 3.05) is 4.43 Å². The fraction of sp³-hybridized carbons (Fsp3) is 0.350. The van der Waals surface area contributed by atoms with E-state index in [0.717, 1.165) is 5.56 Å². The van der Waals surface area contributed by atoms with Crippen molar-refractivity contribution in [3.63, 3.8) is 0 Å². The molecule has 7 nitrogen and oxygen atoms in total. The first kappa shape index (κ1) is 20.7. The molecule has 1 aliphatic rings. The predicted octanol–water partition coefficient (Wildman–Crippen LogP) is 3.93. The number of alkyl halides is 1. The molecule has 1 aliphatic heterocycles. The lowest BCUT2D eigenvalue weighted by atomic mass is 10.1. The number of rotatable bonds is 7. The van der Waals surface area contributed by atoms with Crippen molar-refractivity contribution in [1.29, 1.82) is 0 Å². The van der Waals surface area contributed by atoms with Gasteiger partial charge >= 0.3 is 5.97 Å². The minimum Gasteiger partial charge on any atom is -0.453 e. The molecule has 1 fully saturated rings. The van der Waals surface area contributed by atoms with E-state index in [0.29, 0.717) is 11.0 Å². The van der Waals surface area contributed by atoms with E-state index in [4.69, 9.17) is 14.2 Å². The van der Waals surface area contributed by atoms with Gasteiger partial charge in [0.15, 0.2) is 6.10 Å². The Kier molecular flexibility index (Phi) is 6.97. The van der Waals surface area contributed by atoms with Crippen molar-refractivity contribution in [2.24, 2.45) is 0 Å². The van der Waals surface area contributed by atoms with Gasteiger partial charge in [0.2, 0.25) is 0 Å². The summed E-state index contributed by atoms with van der Waals surface area (Å²) in [6.45, 7) is 2.24. The summed E-state index contributed by atoms with van der Waals surface area (Å²) in [5, 5.41) is 10.8. The van der Waals surface area contributed by atoms with Gasteiger partial charge in [0, 0.05) is 16.6 Å². The molecule has 0 amide bonds. The molecule has 0 unspecified atom stereocenters. The second-order valence-electron chi connectivity index (χ2n) is 6.47. The number of ether oxygens (including phenoxy) is 3. The highest BCUT2D eigenvalue weighted by atomic mass is 127. The zero-order chi connectivity index (χ0) is 20.1. The molecular weight excluding hydrogens is 477 g/mol. The average molecular weight is 497 g/mol. The van der Waals surface area contributed by atoms with Crippen LogP contribution in [0, 0.1) is 10.1 Å². The highest BCUT2D eigenvalue weighted by molar-refractivity contribution is 14.1. The third kappa shape index (κ3) is 4.86. The van der Waals surface area contributed by atoms with Crippen LogP contribution in [0.15, 0.2) is 54.6 Å². The largest absolute Gasteiger partial charge is 0.453 e. The molecule has 4 atom stereocenters. The summed E-state index contributed by atoms with van der Waals surface area (Å²) in [5.41, 5.74) is 1.19. The molecular formula is C20H20INO6. The van der Waals surface area contributed by atoms with Gasteiger partial charge in [-0.3, -0.25) is 10.1 Å². The lowest BCUT2D eigenvalue weighted by molar-refractivity contribution is -0.384. The Morgan fingerprint density at radius 3 is 2.43 bits per heavy atom. The van der Waals surface area contributed by atoms with Gasteiger partial charge in [-0.25, -0.2) is 4.79 Å². The second kappa shape index (κ2) is 9.44. The van der Waals surface area contributed by atoms with Crippen molar-refractivity contribution >= 4 is 34.2 Å². The van der Waals surface area contributed by atoms with E-state index >= 15 is 0 Å². The highest BCUT2D eigenvalue weighted by Gasteiger charge is 2.45. The summed E-state index contributed by atoms with van der Waals surface area (Å²) in [7, 11) is 0. The molecule has 0 bridgehead atoms. The van der Waals surface area contributed by atoms with Gasteiger partial charge in [-0.1, -0.05) is 52.9 Å². The highest BCUT2D eigenvalue weighted by Crippen LogP contribution is 2.29. The summed E-state index contributed by atoms with van der Waals surface area (Å²) in [6, 6.07) is 15.1. The summed E-state index contributed by atoms with van der Waals surface area (Å²) in [4.78, 5) is 22.8. The van der Waals surface area contributed by atoms with E-state index in [-0.39, 0.29) is 23.5 Å². The van der Waals surface area contributed by atoms with Gasteiger partial charge < -0.3 is 14.2 Å². The Hall–Kier alpha value is -2.04. The number of nitro groups is 1. The Morgan fingerprint density at radius 1 is 1.14 bits per heavy atom. The van der Waals surface area contributed by atoms with E-state index in [1.54, 1.807) is 0 Å². The van der Waals surface area contributed by atoms with Crippen molar-refractivity contribution < 1.29 is 23.9 Å². The smallest absolute Gasteiger partial charge is 0.338 e. The van der Waals surface area contributed by atoms with E-state index in [1.165, 1.54) is 24.3 Å². The second-order valence-corrected chi connectivity index (χ2v) is 7.35. The van der Waals surface area contributed by atoms with Gasteiger partial charge in [-0.15, -0.1) is 0 Å². The molecule has 2 aromatic rings. The van der Waals surface area contributed by atoms with Crippen LogP contribution in [0.1, 0.15) is 22.8 Å². The molecule has 0 aromatic heterocycles. The number of halogens is 1. The normalized spacial score (nSPS) is 24.1. The van der Waals surface area contributed by atoms with Gasteiger partial charge in [0.25, 0.3) is 5.69 Å². The summed E-state index contributed by atoms with van der Waals surface area (Å²) >= 11 is 2.22. The van der Waals surface area contributed by atoms with Crippen LogP contribution >= 0.6 is 22.6 Å². The zero-order valence-corrected chi connectivity index (χ0v) is 17.4. The van der Waals surface area contributed by atoms with E-state index < -0.39 is 23.1 Å². The van der Waals surface area contributed by atoms with Crippen LogP contribution in [-0.4, -0.2) is 39.7 Å². The number of hydrogen-bond acceptors (Lipinski definition) is 6. The monoisotopic (exact) mass is 497 g/mol. The third-order valence-electron chi connectivity index (χ3n) is 4.54. The number of benzene rings is 2. The van der Waals surface area contributed by atoms with Gasteiger partial charge in [-0.05, 0) is 24.6 Å². The Morgan fingerprint density at radius 2 is 1.82 bits per heavy atom. The Balaban J connectivity index is 1.69. The SMILES string of the molecule is C[C@@H]1O[C@H](CI)[C@@H](OCc2ccccc2)[C@@H]1OC(=O)c1ccc([N+](=O)[O-])cc1. The standard InChI is InChI=1S/C20H20INO6/c1-13-18(28-20(23)15-7-9-16(10-8-15)22(24)25)19(17(11-21)27-13)26-12-14-5-3-2-4-6-14/h2-10,13,17-19H,11-12H2,1H3/t13-,17+,18+,19+/m0/s1. The first-order chi connectivity index (χ1) is 13.5. The molecule has 148 valence electrons. The van der Waals surface area contributed by atoms with E-state index in [9.17, 15) is 14.9 Å². The number of non-ortho nitro benzene ring substituents is 1. The Bertz CT molecular complexity index is 813. The van der Waals surface area contributed by atoms with Crippen LogP contribution in [0.3, 0.4) is 0 Å². The lowest BCUT2D eigenvalue weighted by Crippen LogP contribution is -2.38. The Labute approximate surface area is 176 Å². The van der Waals surface area contributed by atoms with Crippen LogP contribution in [-0.2, 0) is 20.8 Å². The van der Waals surface area contributed by atoms with Crippen molar-refractivity contribution in [3.8, 4) is 0 Å². The number of nitro benzene ring substituents is 1. The molecule has 0 aliphatic carbocycles. The van der Waals surface area contributed by atoms with Crippen LogP contribution in [0.5, 0.6) is 0 Å². The van der Waals surface area contributed by atoms with Crippen LogP contribution in [0.2, 0.25) is 0 Å². The van der Waals surface area contributed by atoms with Crippen molar-refractivity contribution in [1.82, 2.24) is 0 Å². The lowest BCUT2D eigenvalue weighted by Gasteiger charge is -2.23. The molecule has 0 spiro atoms. The average Bonchev–Trinajstić information content (AvgIpc) is 3.01. The molecule has 1 heterocycles. The summed E-state index contributed by atoms with van der Waals surface area (Å²) in [6.07, 6.45) is -1.46. The maximum atomic E-state index is 12.5. The van der Waals surface area contributed by atoms with Crippen LogP contribution < -0.4 is 0 Å². The maximum absolute atomic E-state index is 12.5. The molecule has 0 saturated carbocycles. The molecule has 28 heavy (non-hydrogen) atoms. The van der Waals surface area contributed by atoms with E-state index in [1.807, 2.05) is 37.3 Å². The number of hydrogen-bond donors (Lipinski definition) is 0. The number of carbonyl (C=O) groups excluding carboxylic acids is 1. The number of nitrogens with zero attached hydrogens (tertiary/aromatic N) is 1. The van der Waals surface area contributed by atoms with Crippen molar-refractivity contribution in [2.45, 2.75) is 37.9 Å². The first-order valence-corrected chi connectivity index (χ1v) is 10.3. The maximum Gasteiger partial charge on any atom is 0.338 e. The summed E-state index contributed by atoms with van der Waals surface area (Å²) in [5.74, 6) is -0.558. The molecule has 0 N–H and O–H groups in total. The van der Waals surface area contributed by atoms with Gasteiger partial charge in [-0.2, -0.15) is 0 Å². The van der Waals surface area contributed by atoms with Crippen molar-refractivity contribution in [3.05, 3.63) is 75.8 Å². The molecule has 3 rings (SSSR count).